The predicted octanol–water partition coefficient (Wildman–Crippen LogP) is 4.68. The Morgan fingerprint density at radius 2 is 2.00 bits per heavy atom. The molecule has 1 atom stereocenters. The number of rotatable bonds is 7. The second-order valence-corrected chi connectivity index (χ2v) is 8.60. The van der Waals surface area contributed by atoms with Gasteiger partial charge >= 0.3 is 0 Å². The summed E-state index contributed by atoms with van der Waals surface area (Å²) in [6.07, 6.45) is 1.84. The van der Waals surface area contributed by atoms with E-state index in [2.05, 4.69) is 20.4 Å². The van der Waals surface area contributed by atoms with E-state index in [-0.39, 0.29) is 17.9 Å². The maximum Gasteiger partial charge on any atom is 0.241 e. The van der Waals surface area contributed by atoms with E-state index in [1.807, 2.05) is 69.3 Å². The van der Waals surface area contributed by atoms with Gasteiger partial charge in [0, 0.05) is 12.1 Å². The maximum absolute atomic E-state index is 13.0. The van der Waals surface area contributed by atoms with E-state index < -0.39 is 0 Å². The van der Waals surface area contributed by atoms with Crippen molar-refractivity contribution in [3.8, 4) is 17.1 Å². The fourth-order valence-corrected chi connectivity index (χ4v) is 3.90. The van der Waals surface area contributed by atoms with Gasteiger partial charge in [-0.3, -0.25) is 9.69 Å². The van der Waals surface area contributed by atoms with Crippen LogP contribution in [0.5, 0.6) is 5.75 Å². The summed E-state index contributed by atoms with van der Waals surface area (Å²) in [5.41, 5.74) is 2.83. The number of amides is 1. The first-order chi connectivity index (χ1) is 15.5. The summed E-state index contributed by atoms with van der Waals surface area (Å²) in [5, 5.41) is 7.18. The number of aromatic nitrogens is 2. The molecule has 0 radical (unpaired) electrons. The molecule has 1 aliphatic rings. The molecule has 1 fully saturated rings. The topological polar surface area (TPSA) is 80.5 Å². The van der Waals surface area contributed by atoms with Gasteiger partial charge < -0.3 is 14.6 Å². The number of carbonyl (C=O) groups is 1. The summed E-state index contributed by atoms with van der Waals surface area (Å²) in [4.78, 5) is 19.7. The van der Waals surface area contributed by atoms with Gasteiger partial charge in [-0.2, -0.15) is 4.98 Å². The number of para-hydroxylation sites is 2. The predicted molar refractivity (Wildman–Crippen MR) is 123 cm³/mol. The Kier molecular flexibility index (Phi) is 6.85. The average Bonchev–Trinajstić information content (AvgIpc) is 3.24. The van der Waals surface area contributed by atoms with Crippen molar-refractivity contribution in [1.82, 2.24) is 15.0 Å². The molecule has 1 aliphatic heterocycles. The first-order valence-corrected chi connectivity index (χ1v) is 11.2. The standard InChI is InChI=1S/C25H30N4O3/c1-17(2)31-22-9-5-4-8-21(22)26-25(30)20-7-6-14-29(15-20)16-23-27-24(28-32-23)19-12-10-18(3)11-13-19/h4-5,8-13,17,20H,6-7,14-16H2,1-3H3,(H,26,30). The lowest BCUT2D eigenvalue weighted by molar-refractivity contribution is -0.121. The molecule has 4 rings (SSSR count). The van der Waals surface area contributed by atoms with Crippen molar-refractivity contribution >= 4 is 11.6 Å². The van der Waals surface area contributed by atoms with Crippen molar-refractivity contribution < 1.29 is 14.1 Å². The number of hydrogen-bond donors (Lipinski definition) is 1. The molecule has 1 aromatic heterocycles. The highest BCUT2D eigenvalue weighted by molar-refractivity contribution is 5.94. The highest BCUT2D eigenvalue weighted by atomic mass is 16.5. The number of nitrogens with zero attached hydrogens (tertiary/aromatic N) is 3. The molecule has 1 saturated heterocycles. The van der Waals surface area contributed by atoms with Crippen LogP contribution in [0.1, 0.15) is 38.1 Å². The van der Waals surface area contributed by atoms with Gasteiger partial charge in [0.2, 0.25) is 17.6 Å². The number of aryl methyl sites for hydroxylation is 1. The van der Waals surface area contributed by atoms with Crippen LogP contribution >= 0.6 is 0 Å². The van der Waals surface area contributed by atoms with Crippen LogP contribution in [0.4, 0.5) is 5.69 Å². The van der Waals surface area contributed by atoms with Crippen molar-refractivity contribution in [3.05, 3.63) is 60.0 Å². The van der Waals surface area contributed by atoms with Gasteiger partial charge in [0.25, 0.3) is 0 Å². The third-order valence-corrected chi connectivity index (χ3v) is 5.52. The van der Waals surface area contributed by atoms with E-state index in [1.165, 1.54) is 5.56 Å². The van der Waals surface area contributed by atoms with Gasteiger partial charge in [-0.05, 0) is 52.3 Å². The van der Waals surface area contributed by atoms with E-state index in [1.54, 1.807) is 0 Å². The van der Waals surface area contributed by atoms with E-state index in [0.29, 0.717) is 36.2 Å². The molecule has 0 aliphatic carbocycles. The number of nitrogens with one attached hydrogen (secondary N) is 1. The van der Waals surface area contributed by atoms with Gasteiger partial charge in [-0.15, -0.1) is 0 Å². The summed E-state index contributed by atoms with van der Waals surface area (Å²) < 4.78 is 11.3. The number of likely N-dealkylation sites (tertiary alicyclic amines) is 1. The Balaban J connectivity index is 1.37. The quantitative estimate of drug-likeness (QED) is 0.581. The molecule has 2 aromatic carbocycles. The Morgan fingerprint density at radius 3 is 2.78 bits per heavy atom. The minimum absolute atomic E-state index is 0.0142. The molecule has 2 heterocycles. The van der Waals surface area contributed by atoms with Crippen molar-refractivity contribution in [2.75, 3.05) is 18.4 Å². The molecular formula is C25H30N4O3. The second kappa shape index (κ2) is 9.96. The van der Waals surface area contributed by atoms with Crippen molar-refractivity contribution in [1.29, 1.82) is 0 Å². The lowest BCUT2D eigenvalue weighted by Gasteiger charge is -2.31. The molecular weight excluding hydrogens is 404 g/mol. The number of carbonyl (C=O) groups excluding carboxylic acids is 1. The smallest absolute Gasteiger partial charge is 0.241 e. The molecule has 7 heteroatoms. The Bertz CT molecular complexity index is 1050. The second-order valence-electron chi connectivity index (χ2n) is 8.60. The third kappa shape index (κ3) is 5.53. The Labute approximate surface area is 188 Å². The van der Waals surface area contributed by atoms with E-state index >= 15 is 0 Å². The van der Waals surface area contributed by atoms with E-state index in [9.17, 15) is 4.79 Å². The first-order valence-electron chi connectivity index (χ1n) is 11.2. The van der Waals surface area contributed by atoms with E-state index in [4.69, 9.17) is 9.26 Å². The summed E-state index contributed by atoms with van der Waals surface area (Å²) in [6, 6.07) is 15.6. The third-order valence-electron chi connectivity index (χ3n) is 5.52. The monoisotopic (exact) mass is 434 g/mol. The zero-order chi connectivity index (χ0) is 22.5. The molecule has 7 nitrogen and oxygen atoms in total. The fourth-order valence-electron chi connectivity index (χ4n) is 3.90. The number of ether oxygens (including phenoxy) is 1. The van der Waals surface area contributed by atoms with Gasteiger partial charge in [0.15, 0.2) is 0 Å². The normalized spacial score (nSPS) is 16.8. The van der Waals surface area contributed by atoms with Gasteiger partial charge in [-0.1, -0.05) is 47.1 Å². The maximum atomic E-state index is 13.0. The Morgan fingerprint density at radius 1 is 1.22 bits per heavy atom. The van der Waals surface area contributed by atoms with Crippen LogP contribution in [0.3, 0.4) is 0 Å². The zero-order valence-corrected chi connectivity index (χ0v) is 18.9. The highest BCUT2D eigenvalue weighted by Gasteiger charge is 2.27. The lowest BCUT2D eigenvalue weighted by atomic mass is 9.97. The van der Waals surface area contributed by atoms with Crippen LogP contribution in [0.25, 0.3) is 11.4 Å². The highest BCUT2D eigenvalue weighted by Crippen LogP contribution is 2.27. The minimum atomic E-state index is -0.102. The van der Waals surface area contributed by atoms with E-state index in [0.717, 1.165) is 24.9 Å². The zero-order valence-electron chi connectivity index (χ0n) is 18.9. The lowest BCUT2D eigenvalue weighted by Crippen LogP contribution is -2.40. The molecule has 3 aromatic rings. The number of piperidine rings is 1. The van der Waals surface area contributed by atoms with Crippen molar-refractivity contribution in [2.45, 2.75) is 46.3 Å². The van der Waals surface area contributed by atoms with Crippen LogP contribution in [0.2, 0.25) is 0 Å². The van der Waals surface area contributed by atoms with Crippen LogP contribution in [-0.2, 0) is 11.3 Å². The SMILES string of the molecule is Cc1ccc(-c2noc(CN3CCCC(C(=O)Nc4ccccc4OC(C)C)C3)n2)cc1. The van der Waals surface area contributed by atoms with Crippen molar-refractivity contribution in [3.63, 3.8) is 0 Å². The first kappa shape index (κ1) is 22.0. The van der Waals surface area contributed by atoms with Crippen LogP contribution in [0.15, 0.2) is 53.1 Å². The minimum Gasteiger partial charge on any atom is -0.489 e. The molecule has 32 heavy (non-hydrogen) atoms. The Hall–Kier alpha value is -3.19. The van der Waals surface area contributed by atoms with Crippen molar-refractivity contribution in [2.24, 2.45) is 5.92 Å². The van der Waals surface area contributed by atoms with Gasteiger partial charge in [0.05, 0.1) is 24.3 Å². The fraction of sp³-hybridized carbons (Fsp3) is 0.400. The number of benzene rings is 2. The molecule has 0 saturated carbocycles. The molecule has 1 N–H and O–H groups in total. The van der Waals surface area contributed by atoms with Gasteiger partial charge in [-0.25, -0.2) is 0 Å². The molecule has 1 unspecified atom stereocenters. The summed E-state index contributed by atoms with van der Waals surface area (Å²) >= 11 is 0. The number of hydrogen-bond acceptors (Lipinski definition) is 6. The summed E-state index contributed by atoms with van der Waals surface area (Å²) in [5.74, 6) is 1.76. The molecule has 1 amide bonds. The molecule has 0 spiro atoms. The summed E-state index contributed by atoms with van der Waals surface area (Å²) in [6.45, 7) is 8.08. The van der Waals surface area contributed by atoms with Crippen LogP contribution < -0.4 is 10.1 Å². The van der Waals surface area contributed by atoms with Crippen LogP contribution in [-0.4, -0.2) is 40.1 Å². The van der Waals surface area contributed by atoms with Gasteiger partial charge in [0.1, 0.15) is 5.75 Å². The van der Waals surface area contributed by atoms with Crippen LogP contribution in [0, 0.1) is 12.8 Å². The largest absolute Gasteiger partial charge is 0.489 e. The average molecular weight is 435 g/mol. The number of anilines is 1. The summed E-state index contributed by atoms with van der Waals surface area (Å²) in [7, 11) is 0. The molecule has 168 valence electrons. The molecule has 0 bridgehead atoms.